The Kier molecular flexibility index (Phi) is 5.49. The molecule has 6 nitrogen and oxygen atoms in total. The first kappa shape index (κ1) is 20.7. The van der Waals surface area contributed by atoms with Crippen molar-refractivity contribution in [2.24, 2.45) is 0 Å². The Labute approximate surface area is 168 Å². The van der Waals surface area contributed by atoms with Crippen LogP contribution in [0.25, 0.3) is 17.0 Å². The summed E-state index contributed by atoms with van der Waals surface area (Å²) >= 11 is 1.14. The Morgan fingerprint density at radius 3 is 2.36 bits per heavy atom. The number of hydrogen-bond donors (Lipinski definition) is 2. The number of para-hydroxylation sites is 1. The van der Waals surface area contributed by atoms with Gasteiger partial charge < -0.3 is 19.4 Å². The van der Waals surface area contributed by atoms with Crippen molar-refractivity contribution in [2.75, 3.05) is 5.75 Å². The molecule has 8 heteroatoms. The number of fused-ring (bicyclic) bond motifs is 1. The molecule has 1 aromatic heterocycles. The predicted molar refractivity (Wildman–Crippen MR) is 112 cm³/mol. The number of thioether (sulfide) groups is 1. The summed E-state index contributed by atoms with van der Waals surface area (Å²) < 4.78 is 12.3. The maximum absolute atomic E-state index is 11.8. The van der Waals surface area contributed by atoms with Crippen molar-refractivity contribution in [2.45, 2.75) is 45.8 Å². The zero-order valence-electron chi connectivity index (χ0n) is 16.7. The van der Waals surface area contributed by atoms with Crippen molar-refractivity contribution >= 4 is 46.9 Å². The van der Waals surface area contributed by atoms with Crippen LogP contribution in [0.4, 0.5) is 0 Å². The van der Waals surface area contributed by atoms with E-state index in [1.165, 1.54) is 6.92 Å². The summed E-state index contributed by atoms with van der Waals surface area (Å²) in [5, 5.41) is 10.4. The van der Waals surface area contributed by atoms with Crippen molar-refractivity contribution in [1.82, 2.24) is 4.98 Å². The van der Waals surface area contributed by atoms with Gasteiger partial charge in [-0.1, -0.05) is 36.0 Å². The van der Waals surface area contributed by atoms with E-state index in [0.717, 1.165) is 22.7 Å². The van der Waals surface area contributed by atoms with E-state index >= 15 is 0 Å². The van der Waals surface area contributed by atoms with Crippen molar-refractivity contribution in [1.29, 1.82) is 0 Å². The summed E-state index contributed by atoms with van der Waals surface area (Å²) in [6.07, 6.45) is 1.78. The number of aromatic amines is 1. The Hall–Kier alpha value is -2.03. The molecule has 0 unspecified atom stereocenters. The van der Waals surface area contributed by atoms with E-state index in [9.17, 15) is 14.7 Å². The zero-order valence-corrected chi connectivity index (χ0v) is 17.5. The van der Waals surface area contributed by atoms with Crippen molar-refractivity contribution in [3.63, 3.8) is 0 Å². The number of carboxylic acid groups (broad SMARTS) is 1. The smallest absolute Gasteiger partial charge is 0.477 e. The fourth-order valence-electron chi connectivity index (χ4n) is 3.02. The van der Waals surface area contributed by atoms with Crippen molar-refractivity contribution in [3.8, 4) is 0 Å². The van der Waals surface area contributed by atoms with Crippen LogP contribution in [0.2, 0.25) is 0 Å². The Morgan fingerprint density at radius 2 is 1.79 bits per heavy atom. The van der Waals surface area contributed by atoms with Crippen LogP contribution < -0.4 is 0 Å². The second-order valence-electron chi connectivity index (χ2n) is 7.85. The molecule has 1 aromatic carbocycles. The van der Waals surface area contributed by atoms with Crippen LogP contribution in [0.3, 0.4) is 0 Å². The second kappa shape index (κ2) is 7.42. The number of carboxylic acids is 1. The van der Waals surface area contributed by atoms with E-state index in [1.54, 1.807) is 6.08 Å². The predicted octanol–water partition coefficient (Wildman–Crippen LogP) is 4.16. The van der Waals surface area contributed by atoms with Crippen LogP contribution in [-0.2, 0) is 14.1 Å². The SMILES string of the molecule is CC(=O)SCC(=Cc1c(C(=O)O)[nH]c2ccccc12)B1OC(C)(C)C(C)(C)O1. The lowest BCUT2D eigenvalue weighted by Gasteiger charge is -2.32. The molecule has 1 aliphatic heterocycles. The van der Waals surface area contributed by atoms with Gasteiger partial charge >= 0.3 is 13.1 Å². The zero-order chi connectivity index (χ0) is 20.7. The molecule has 0 radical (unpaired) electrons. The van der Waals surface area contributed by atoms with Crippen molar-refractivity contribution in [3.05, 3.63) is 41.0 Å². The largest absolute Gasteiger partial charge is 0.491 e. The molecule has 0 amide bonds. The quantitative estimate of drug-likeness (QED) is 0.732. The molecular weight excluding hydrogens is 377 g/mol. The normalized spacial score (nSPS) is 18.6. The monoisotopic (exact) mass is 401 g/mol. The van der Waals surface area contributed by atoms with Crippen LogP contribution in [0, 0.1) is 0 Å². The number of rotatable bonds is 5. The van der Waals surface area contributed by atoms with Gasteiger partial charge in [-0.05, 0) is 39.2 Å². The summed E-state index contributed by atoms with van der Waals surface area (Å²) in [5.41, 5.74) is 1.03. The van der Waals surface area contributed by atoms with Gasteiger partial charge in [0.1, 0.15) is 5.69 Å². The van der Waals surface area contributed by atoms with E-state index < -0.39 is 24.3 Å². The first-order chi connectivity index (χ1) is 13.0. The van der Waals surface area contributed by atoms with Gasteiger partial charge in [-0.3, -0.25) is 4.79 Å². The van der Waals surface area contributed by atoms with Gasteiger partial charge in [0.15, 0.2) is 5.12 Å². The number of aromatic carboxylic acids is 1. The Morgan fingerprint density at radius 1 is 1.18 bits per heavy atom. The second-order valence-corrected chi connectivity index (χ2v) is 9.00. The van der Waals surface area contributed by atoms with Crippen molar-refractivity contribution < 1.29 is 24.0 Å². The van der Waals surface area contributed by atoms with E-state index in [4.69, 9.17) is 9.31 Å². The van der Waals surface area contributed by atoms with Crippen LogP contribution in [0.1, 0.15) is 50.7 Å². The molecule has 148 valence electrons. The number of H-pyrrole nitrogens is 1. The lowest BCUT2D eigenvalue weighted by Crippen LogP contribution is -2.41. The van der Waals surface area contributed by atoms with Gasteiger partial charge in [-0.25, -0.2) is 4.79 Å². The van der Waals surface area contributed by atoms with Gasteiger partial charge in [-0.2, -0.15) is 0 Å². The third-order valence-corrected chi connectivity index (χ3v) is 6.17. The highest BCUT2D eigenvalue weighted by atomic mass is 32.2. The molecule has 2 N–H and O–H groups in total. The highest BCUT2D eigenvalue weighted by Crippen LogP contribution is 2.40. The summed E-state index contributed by atoms with van der Waals surface area (Å²) in [6.45, 7) is 9.32. The van der Waals surface area contributed by atoms with E-state index in [-0.39, 0.29) is 10.8 Å². The third kappa shape index (κ3) is 3.90. The molecule has 2 aromatic rings. The first-order valence-electron chi connectivity index (χ1n) is 9.05. The number of nitrogens with one attached hydrogen (secondary N) is 1. The fourth-order valence-corrected chi connectivity index (χ4v) is 3.61. The number of carbonyl (C=O) groups is 2. The topological polar surface area (TPSA) is 88.6 Å². The molecule has 1 saturated heterocycles. The van der Waals surface area contributed by atoms with E-state index in [0.29, 0.717) is 16.8 Å². The minimum absolute atomic E-state index is 0.0280. The van der Waals surface area contributed by atoms with Gasteiger partial charge in [0.25, 0.3) is 0 Å². The molecule has 1 fully saturated rings. The highest BCUT2D eigenvalue weighted by molar-refractivity contribution is 8.13. The summed E-state index contributed by atoms with van der Waals surface area (Å²) in [5.74, 6) is -0.694. The number of benzene rings is 1. The molecule has 28 heavy (non-hydrogen) atoms. The van der Waals surface area contributed by atoms with Crippen LogP contribution >= 0.6 is 11.8 Å². The lowest BCUT2D eigenvalue weighted by molar-refractivity contribution is -0.109. The number of carbonyl (C=O) groups excluding carboxylic acids is 1. The van der Waals surface area contributed by atoms with E-state index in [2.05, 4.69) is 4.98 Å². The molecule has 3 rings (SSSR count). The molecule has 1 aliphatic rings. The first-order valence-corrected chi connectivity index (χ1v) is 10.0. The maximum Gasteiger partial charge on any atom is 0.491 e. The molecule has 0 atom stereocenters. The third-order valence-electron chi connectivity index (χ3n) is 5.29. The number of aromatic nitrogens is 1. The van der Waals surface area contributed by atoms with Gasteiger partial charge in [0.05, 0.1) is 11.2 Å². The van der Waals surface area contributed by atoms with Crippen LogP contribution in [0.15, 0.2) is 29.7 Å². The molecule has 0 spiro atoms. The standard InChI is InChI=1S/C20H24BNO5S/c1-12(23)28-11-13(21-26-19(2,3)20(4,5)27-21)10-15-14-8-6-7-9-16(14)22-17(15)18(24)25/h6-10,22H,11H2,1-5H3,(H,24,25). The molecule has 0 aliphatic carbocycles. The summed E-state index contributed by atoms with van der Waals surface area (Å²) in [6, 6.07) is 7.40. The van der Waals surface area contributed by atoms with Gasteiger partial charge in [-0.15, -0.1) is 0 Å². The van der Waals surface area contributed by atoms with Crippen LogP contribution in [0.5, 0.6) is 0 Å². The van der Waals surface area contributed by atoms with E-state index in [1.807, 2.05) is 52.0 Å². The summed E-state index contributed by atoms with van der Waals surface area (Å²) in [7, 11) is -0.660. The summed E-state index contributed by atoms with van der Waals surface area (Å²) in [4.78, 5) is 26.3. The Balaban J connectivity index is 2.10. The van der Waals surface area contributed by atoms with Crippen LogP contribution in [-0.4, -0.2) is 45.2 Å². The van der Waals surface area contributed by atoms with Gasteiger partial charge in [0, 0.05) is 29.1 Å². The molecule has 2 heterocycles. The Bertz CT molecular complexity index is 947. The van der Waals surface area contributed by atoms with Gasteiger partial charge in [0.2, 0.25) is 0 Å². The minimum Gasteiger partial charge on any atom is -0.477 e. The molecule has 0 bridgehead atoms. The average Bonchev–Trinajstić information content (AvgIpc) is 3.05. The molecular formula is C20H24BNO5S. The number of hydrogen-bond acceptors (Lipinski definition) is 5. The average molecular weight is 401 g/mol. The molecule has 0 saturated carbocycles. The lowest BCUT2D eigenvalue weighted by atomic mass is 9.78. The fraction of sp³-hybridized carbons (Fsp3) is 0.400. The maximum atomic E-state index is 11.8. The minimum atomic E-state index is -1.05. The highest BCUT2D eigenvalue weighted by Gasteiger charge is 2.52.